The molecule has 0 unspecified atom stereocenters. The fourth-order valence-corrected chi connectivity index (χ4v) is 2.62. The molecular weight excluding hydrogens is 330 g/mol. The molecule has 1 N–H and O–H groups in total. The molecule has 3 aromatic rings. The number of ether oxygens (including phenoxy) is 1. The lowest BCUT2D eigenvalue weighted by molar-refractivity contribution is 0.0527. The molecule has 0 atom stereocenters. The summed E-state index contributed by atoms with van der Waals surface area (Å²) >= 11 is 0. The Kier molecular flexibility index (Phi) is 5.17. The average Bonchev–Trinajstić information content (AvgIpc) is 3.05. The van der Waals surface area contributed by atoms with Crippen LogP contribution in [0.1, 0.15) is 33.4 Å². The molecule has 0 spiro atoms. The van der Waals surface area contributed by atoms with Gasteiger partial charge < -0.3 is 14.5 Å². The van der Waals surface area contributed by atoms with Crippen LogP contribution >= 0.6 is 0 Å². The molecule has 1 aromatic heterocycles. The van der Waals surface area contributed by atoms with Crippen LogP contribution in [0.5, 0.6) is 0 Å². The Bertz CT molecular complexity index is 928. The maximum absolute atomic E-state index is 12.7. The third kappa shape index (κ3) is 3.67. The molecule has 1 heterocycles. The van der Waals surface area contributed by atoms with E-state index in [1.807, 2.05) is 30.3 Å². The highest BCUT2D eigenvalue weighted by Crippen LogP contribution is 2.26. The van der Waals surface area contributed by atoms with E-state index in [2.05, 4.69) is 5.32 Å². The van der Waals surface area contributed by atoms with Gasteiger partial charge >= 0.3 is 5.97 Å². The SMILES string of the molecule is CCOC(=O)c1ccccc1NC(=O)c1cc(-c2ccccc2)oc1C. The summed E-state index contributed by atoms with van der Waals surface area (Å²) < 4.78 is 10.8. The van der Waals surface area contributed by atoms with Crippen molar-refractivity contribution in [2.24, 2.45) is 0 Å². The summed E-state index contributed by atoms with van der Waals surface area (Å²) in [4.78, 5) is 24.7. The summed E-state index contributed by atoms with van der Waals surface area (Å²) in [7, 11) is 0. The average molecular weight is 349 g/mol. The number of hydrogen-bond donors (Lipinski definition) is 1. The van der Waals surface area contributed by atoms with E-state index < -0.39 is 5.97 Å². The molecule has 5 heteroatoms. The van der Waals surface area contributed by atoms with E-state index in [-0.39, 0.29) is 12.5 Å². The number of carbonyl (C=O) groups excluding carboxylic acids is 2. The maximum Gasteiger partial charge on any atom is 0.340 e. The minimum atomic E-state index is -0.475. The molecule has 0 bridgehead atoms. The van der Waals surface area contributed by atoms with Crippen LogP contribution in [-0.2, 0) is 4.74 Å². The van der Waals surface area contributed by atoms with Crippen LogP contribution in [0.25, 0.3) is 11.3 Å². The van der Waals surface area contributed by atoms with E-state index in [1.54, 1.807) is 44.2 Å². The van der Waals surface area contributed by atoms with Crippen LogP contribution in [0.15, 0.2) is 65.1 Å². The van der Waals surface area contributed by atoms with Crippen molar-refractivity contribution in [2.45, 2.75) is 13.8 Å². The fourth-order valence-electron chi connectivity index (χ4n) is 2.62. The summed E-state index contributed by atoms with van der Waals surface area (Å²) in [6.45, 7) is 3.74. The van der Waals surface area contributed by atoms with Gasteiger partial charge in [-0.25, -0.2) is 4.79 Å². The zero-order valence-electron chi connectivity index (χ0n) is 14.6. The van der Waals surface area contributed by atoms with Gasteiger partial charge in [-0.3, -0.25) is 4.79 Å². The summed E-state index contributed by atoms with van der Waals surface area (Å²) in [6.07, 6.45) is 0. The number of rotatable bonds is 5. The first-order chi connectivity index (χ1) is 12.6. The first-order valence-corrected chi connectivity index (χ1v) is 8.33. The number of para-hydroxylation sites is 1. The molecule has 5 nitrogen and oxygen atoms in total. The molecular formula is C21H19NO4. The number of furan rings is 1. The highest BCUT2D eigenvalue weighted by molar-refractivity contribution is 6.08. The molecule has 0 aliphatic carbocycles. The molecule has 2 aromatic carbocycles. The fraction of sp³-hybridized carbons (Fsp3) is 0.143. The molecule has 26 heavy (non-hydrogen) atoms. The summed E-state index contributed by atoms with van der Waals surface area (Å²) in [5, 5.41) is 2.77. The Hall–Kier alpha value is -3.34. The lowest BCUT2D eigenvalue weighted by Crippen LogP contribution is -2.16. The van der Waals surface area contributed by atoms with Crippen molar-refractivity contribution < 1.29 is 18.7 Å². The van der Waals surface area contributed by atoms with Gasteiger partial charge in [0.25, 0.3) is 5.91 Å². The van der Waals surface area contributed by atoms with Crippen LogP contribution in [0.4, 0.5) is 5.69 Å². The zero-order chi connectivity index (χ0) is 18.5. The van der Waals surface area contributed by atoms with Gasteiger partial charge in [0.2, 0.25) is 0 Å². The van der Waals surface area contributed by atoms with E-state index in [0.717, 1.165) is 5.56 Å². The Morgan fingerprint density at radius 2 is 1.69 bits per heavy atom. The molecule has 0 saturated heterocycles. The van der Waals surface area contributed by atoms with Crippen LogP contribution in [0.3, 0.4) is 0 Å². The molecule has 0 saturated carbocycles. The summed E-state index contributed by atoms with van der Waals surface area (Å²) in [6, 6.07) is 18.0. The predicted molar refractivity (Wildman–Crippen MR) is 99.2 cm³/mol. The number of anilines is 1. The topological polar surface area (TPSA) is 68.5 Å². The van der Waals surface area contributed by atoms with E-state index in [9.17, 15) is 9.59 Å². The third-order valence-electron chi connectivity index (χ3n) is 3.89. The number of esters is 1. The van der Waals surface area contributed by atoms with Crippen LogP contribution in [0.2, 0.25) is 0 Å². The van der Waals surface area contributed by atoms with E-state index in [0.29, 0.717) is 28.3 Å². The van der Waals surface area contributed by atoms with Gasteiger partial charge in [-0.15, -0.1) is 0 Å². The van der Waals surface area contributed by atoms with Crippen LogP contribution in [-0.4, -0.2) is 18.5 Å². The van der Waals surface area contributed by atoms with E-state index >= 15 is 0 Å². The Morgan fingerprint density at radius 3 is 2.42 bits per heavy atom. The zero-order valence-corrected chi connectivity index (χ0v) is 14.6. The second-order valence-electron chi connectivity index (χ2n) is 5.67. The lowest BCUT2D eigenvalue weighted by atomic mass is 10.1. The molecule has 0 aliphatic rings. The normalized spacial score (nSPS) is 10.4. The second-order valence-corrected chi connectivity index (χ2v) is 5.67. The predicted octanol–water partition coefficient (Wildman–Crippen LogP) is 4.68. The van der Waals surface area contributed by atoms with Gasteiger partial charge in [-0.05, 0) is 32.0 Å². The quantitative estimate of drug-likeness (QED) is 0.679. The molecule has 132 valence electrons. The minimum absolute atomic E-state index is 0.266. The number of benzene rings is 2. The van der Waals surface area contributed by atoms with Crippen molar-refractivity contribution in [1.29, 1.82) is 0 Å². The van der Waals surface area contributed by atoms with Crippen LogP contribution < -0.4 is 5.32 Å². The van der Waals surface area contributed by atoms with Gasteiger partial charge in [0.15, 0.2) is 0 Å². The van der Waals surface area contributed by atoms with E-state index in [4.69, 9.17) is 9.15 Å². The minimum Gasteiger partial charge on any atom is -0.462 e. The van der Waals surface area contributed by atoms with Crippen molar-refractivity contribution in [3.05, 3.63) is 77.6 Å². The monoisotopic (exact) mass is 349 g/mol. The van der Waals surface area contributed by atoms with Gasteiger partial charge in [-0.1, -0.05) is 42.5 Å². The Morgan fingerprint density at radius 1 is 1.00 bits per heavy atom. The van der Waals surface area contributed by atoms with Gasteiger partial charge in [-0.2, -0.15) is 0 Å². The van der Waals surface area contributed by atoms with Gasteiger partial charge in [0, 0.05) is 5.56 Å². The number of nitrogens with one attached hydrogen (secondary N) is 1. The van der Waals surface area contributed by atoms with Gasteiger partial charge in [0.05, 0.1) is 23.4 Å². The first kappa shape index (κ1) is 17.5. The molecule has 0 aliphatic heterocycles. The van der Waals surface area contributed by atoms with Crippen LogP contribution in [0, 0.1) is 6.92 Å². The van der Waals surface area contributed by atoms with Crippen molar-refractivity contribution in [2.75, 3.05) is 11.9 Å². The number of carbonyl (C=O) groups is 2. The lowest BCUT2D eigenvalue weighted by Gasteiger charge is -2.09. The number of hydrogen-bond acceptors (Lipinski definition) is 4. The standard InChI is InChI=1S/C21H19NO4/c1-3-25-21(24)16-11-7-8-12-18(16)22-20(23)17-13-19(26-14(17)2)15-9-5-4-6-10-15/h4-13H,3H2,1-2H3,(H,22,23). The molecule has 3 rings (SSSR count). The Labute approximate surface area is 151 Å². The summed E-state index contributed by atoms with van der Waals surface area (Å²) in [5.74, 6) is 0.310. The maximum atomic E-state index is 12.7. The molecule has 0 fully saturated rings. The summed E-state index contributed by atoms with van der Waals surface area (Å²) in [5.41, 5.74) is 2.02. The third-order valence-corrected chi connectivity index (χ3v) is 3.89. The highest BCUT2D eigenvalue weighted by Gasteiger charge is 2.19. The smallest absolute Gasteiger partial charge is 0.340 e. The second kappa shape index (κ2) is 7.70. The largest absolute Gasteiger partial charge is 0.462 e. The van der Waals surface area contributed by atoms with Crippen molar-refractivity contribution >= 4 is 17.6 Å². The number of amides is 1. The first-order valence-electron chi connectivity index (χ1n) is 8.33. The molecule has 0 radical (unpaired) electrons. The van der Waals surface area contributed by atoms with Gasteiger partial charge in [0.1, 0.15) is 11.5 Å². The molecule has 1 amide bonds. The van der Waals surface area contributed by atoms with Crippen molar-refractivity contribution in [3.63, 3.8) is 0 Å². The van der Waals surface area contributed by atoms with E-state index in [1.165, 1.54) is 0 Å². The Balaban J connectivity index is 1.86. The number of aryl methyl sites for hydroxylation is 1. The highest BCUT2D eigenvalue weighted by atomic mass is 16.5. The van der Waals surface area contributed by atoms with Crippen molar-refractivity contribution in [3.8, 4) is 11.3 Å². The van der Waals surface area contributed by atoms with Crippen molar-refractivity contribution in [1.82, 2.24) is 0 Å².